The lowest BCUT2D eigenvalue weighted by Crippen LogP contribution is -2.25. The molecule has 1 N–H and O–H groups in total. The van der Waals surface area contributed by atoms with Crippen LogP contribution in [0.4, 0.5) is 4.79 Å². The summed E-state index contributed by atoms with van der Waals surface area (Å²) >= 11 is 1.64. The Morgan fingerprint density at radius 2 is 2.07 bits per heavy atom. The van der Waals surface area contributed by atoms with Gasteiger partial charge in [0.15, 0.2) is 0 Å². The maximum atomic E-state index is 11.1. The van der Waals surface area contributed by atoms with Gasteiger partial charge in [-0.05, 0) is 6.26 Å². The van der Waals surface area contributed by atoms with Gasteiger partial charge in [0.05, 0.1) is 0 Å². The number of carbonyl (C=O) groups is 1. The minimum absolute atomic E-state index is 0.101. The van der Waals surface area contributed by atoms with E-state index >= 15 is 0 Å². The maximum Gasteiger partial charge on any atom is 0.452 e. The zero-order valence-corrected chi connectivity index (χ0v) is 10.2. The smallest absolute Gasteiger partial charge is 0.353 e. The van der Waals surface area contributed by atoms with Crippen LogP contribution in [0.5, 0.6) is 0 Å². The fourth-order valence-corrected chi connectivity index (χ4v) is 1.54. The molecule has 5 heteroatoms. The molecule has 0 aliphatic rings. The molecule has 0 bridgehead atoms. The van der Waals surface area contributed by atoms with Crippen LogP contribution in [0.1, 0.15) is 20.8 Å². The predicted octanol–water partition coefficient (Wildman–Crippen LogP) is 2.11. The van der Waals surface area contributed by atoms with Crippen LogP contribution < -0.4 is 5.48 Å². The summed E-state index contributed by atoms with van der Waals surface area (Å²) in [6, 6.07) is 0. The van der Waals surface area contributed by atoms with Gasteiger partial charge in [-0.25, -0.2) is 4.79 Å². The highest BCUT2D eigenvalue weighted by molar-refractivity contribution is 7.99. The maximum absolute atomic E-state index is 11.1. The number of hydrogen-bond donors (Lipinski definition) is 1. The molecule has 0 aromatic heterocycles. The molecular weight excluding hydrogens is 200 g/mol. The van der Waals surface area contributed by atoms with E-state index in [1.54, 1.807) is 11.8 Å². The summed E-state index contributed by atoms with van der Waals surface area (Å²) in [5.41, 5.74) is 3.04. The van der Waals surface area contributed by atoms with Gasteiger partial charge in [-0.1, -0.05) is 20.8 Å². The van der Waals surface area contributed by atoms with Gasteiger partial charge in [0, 0.05) is 23.9 Å². The van der Waals surface area contributed by atoms with Crippen molar-refractivity contribution in [2.24, 2.45) is 10.4 Å². The first-order valence-corrected chi connectivity index (χ1v) is 5.75. The van der Waals surface area contributed by atoms with E-state index in [2.05, 4.69) is 15.3 Å². The molecule has 0 saturated carbocycles. The van der Waals surface area contributed by atoms with Gasteiger partial charge in [-0.2, -0.15) is 22.2 Å². The molecule has 82 valence electrons. The van der Waals surface area contributed by atoms with Crippen molar-refractivity contribution < 1.29 is 9.63 Å². The number of thioether (sulfide) groups is 1. The summed E-state index contributed by atoms with van der Waals surface area (Å²) in [5.74, 6) is 0.738. The van der Waals surface area contributed by atoms with Crippen LogP contribution in [0.2, 0.25) is 0 Å². The minimum Gasteiger partial charge on any atom is -0.353 e. The molecule has 14 heavy (non-hydrogen) atoms. The number of hydrogen-bond acceptors (Lipinski definition) is 4. The van der Waals surface area contributed by atoms with Crippen molar-refractivity contribution in [1.29, 1.82) is 0 Å². The Kier molecular flexibility index (Phi) is 5.79. The van der Waals surface area contributed by atoms with E-state index < -0.39 is 6.09 Å². The second-order valence-corrected chi connectivity index (χ2v) is 4.68. The van der Waals surface area contributed by atoms with E-state index in [9.17, 15) is 4.79 Å². The Labute approximate surface area is 89.5 Å². The molecule has 0 aliphatic heterocycles. The summed E-state index contributed by atoms with van der Waals surface area (Å²) in [4.78, 5) is 19.5. The summed E-state index contributed by atoms with van der Waals surface area (Å²) in [5, 5.41) is 0. The zero-order chi connectivity index (χ0) is 11.2. The third kappa shape index (κ3) is 5.24. The summed E-state index contributed by atoms with van der Waals surface area (Å²) in [6.07, 6.45) is 1.39. The molecule has 0 fully saturated rings. The third-order valence-electron chi connectivity index (χ3n) is 1.56. The van der Waals surface area contributed by atoms with E-state index in [0.29, 0.717) is 0 Å². The zero-order valence-electron chi connectivity index (χ0n) is 9.38. The Bertz CT molecular complexity index is 221. The molecule has 0 aromatic rings. The third-order valence-corrected chi connectivity index (χ3v) is 2.12. The topological polar surface area (TPSA) is 50.7 Å². The van der Waals surface area contributed by atoms with Gasteiger partial charge in [0.1, 0.15) is 0 Å². The molecular formula is C9H18N2O2S. The van der Waals surface area contributed by atoms with Crippen molar-refractivity contribution in [3.63, 3.8) is 0 Å². The van der Waals surface area contributed by atoms with E-state index in [-0.39, 0.29) is 5.41 Å². The second-order valence-electron chi connectivity index (χ2n) is 3.81. The van der Waals surface area contributed by atoms with Crippen molar-refractivity contribution in [2.45, 2.75) is 20.8 Å². The van der Waals surface area contributed by atoms with Crippen molar-refractivity contribution in [3.8, 4) is 0 Å². The molecule has 0 spiro atoms. The highest BCUT2D eigenvalue weighted by Crippen LogP contribution is 2.18. The van der Waals surface area contributed by atoms with Crippen LogP contribution in [0.15, 0.2) is 4.99 Å². The summed E-state index contributed by atoms with van der Waals surface area (Å²) in [6.45, 7) is 6.07. The van der Waals surface area contributed by atoms with E-state index in [4.69, 9.17) is 0 Å². The average Bonchev–Trinajstić information content (AvgIpc) is 2.02. The first-order chi connectivity index (χ1) is 6.41. The summed E-state index contributed by atoms with van der Waals surface area (Å²) in [7, 11) is 1.53. The van der Waals surface area contributed by atoms with Crippen LogP contribution in [0.3, 0.4) is 0 Å². The molecule has 4 nitrogen and oxygen atoms in total. The number of hydroxylamine groups is 1. The van der Waals surface area contributed by atoms with Crippen LogP contribution in [0.25, 0.3) is 0 Å². The van der Waals surface area contributed by atoms with E-state index in [1.807, 2.05) is 27.0 Å². The van der Waals surface area contributed by atoms with Crippen molar-refractivity contribution >= 4 is 23.6 Å². The number of rotatable bonds is 3. The lowest BCUT2D eigenvalue weighted by atomic mass is 9.91. The lowest BCUT2D eigenvalue weighted by Gasteiger charge is -2.20. The van der Waals surface area contributed by atoms with Gasteiger partial charge in [0.2, 0.25) is 0 Å². The highest BCUT2D eigenvalue weighted by atomic mass is 32.2. The van der Waals surface area contributed by atoms with Crippen molar-refractivity contribution in [1.82, 2.24) is 5.48 Å². The summed E-state index contributed by atoms with van der Waals surface area (Å²) < 4.78 is 0. The van der Waals surface area contributed by atoms with Crippen LogP contribution in [-0.4, -0.2) is 30.9 Å². The molecule has 0 radical (unpaired) electrons. The molecule has 0 unspecified atom stereocenters. The van der Waals surface area contributed by atoms with E-state index in [0.717, 1.165) is 11.5 Å². The Hall–Kier alpha value is -0.550. The van der Waals surface area contributed by atoms with Crippen molar-refractivity contribution in [2.75, 3.05) is 19.1 Å². The molecule has 0 saturated heterocycles. The Morgan fingerprint density at radius 1 is 1.50 bits per heavy atom. The number of amides is 1. The van der Waals surface area contributed by atoms with Gasteiger partial charge in [-0.3, -0.25) is 0 Å². The molecule has 0 rings (SSSR count). The quantitative estimate of drug-likeness (QED) is 0.582. The standard InChI is InChI=1S/C9H18N2O2S/c1-9(2,3)7(6-14-5)11-8(12)13-10-4/h10H,6H2,1-5H3/b11-7+. The number of carbonyl (C=O) groups excluding carboxylic acids is 1. The largest absolute Gasteiger partial charge is 0.452 e. The molecule has 0 aromatic carbocycles. The molecule has 0 aliphatic carbocycles. The van der Waals surface area contributed by atoms with E-state index in [1.165, 1.54) is 7.05 Å². The van der Waals surface area contributed by atoms with Crippen LogP contribution in [-0.2, 0) is 4.84 Å². The van der Waals surface area contributed by atoms with Crippen LogP contribution in [0, 0.1) is 5.41 Å². The number of nitrogens with zero attached hydrogens (tertiary/aromatic N) is 1. The average molecular weight is 218 g/mol. The normalized spacial score (nSPS) is 12.8. The van der Waals surface area contributed by atoms with Gasteiger partial charge in [0.25, 0.3) is 0 Å². The molecule has 1 amide bonds. The van der Waals surface area contributed by atoms with Gasteiger partial charge >= 0.3 is 6.09 Å². The number of nitrogens with one attached hydrogen (secondary N) is 1. The second kappa shape index (κ2) is 6.03. The first kappa shape index (κ1) is 13.4. The SMILES string of the molecule is CNOC(=O)/N=C(\CSC)C(C)(C)C. The predicted molar refractivity (Wildman–Crippen MR) is 60.8 cm³/mol. The molecule has 0 heterocycles. The number of aliphatic imine (C=N–C) groups is 1. The Balaban J connectivity index is 4.56. The lowest BCUT2D eigenvalue weighted by molar-refractivity contribution is 0.112. The first-order valence-electron chi connectivity index (χ1n) is 4.36. The van der Waals surface area contributed by atoms with Crippen molar-refractivity contribution in [3.05, 3.63) is 0 Å². The fraction of sp³-hybridized carbons (Fsp3) is 0.778. The highest BCUT2D eigenvalue weighted by Gasteiger charge is 2.19. The van der Waals surface area contributed by atoms with Crippen LogP contribution >= 0.6 is 11.8 Å². The fourth-order valence-electron chi connectivity index (χ4n) is 0.774. The minimum atomic E-state index is -0.591. The molecule has 0 atom stereocenters. The van der Waals surface area contributed by atoms with Gasteiger partial charge in [-0.15, -0.1) is 0 Å². The van der Waals surface area contributed by atoms with Gasteiger partial charge < -0.3 is 4.84 Å². The Morgan fingerprint density at radius 3 is 2.43 bits per heavy atom. The monoisotopic (exact) mass is 218 g/mol.